The molecule has 3 aromatic rings. The molecule has 2 N–H and O–H groups in total. The normalized spacial score (nSPS) is 17.6. The summed E-state index contributed by atoms with van der Waals surface area (Å²) in [6, 6.07) is 11.2. The average Bonchev–Trinajstić information content (AvgIpc) is 2.93. The Bertz CT molecular complexity index is 815. The molecular formula is C19H21N3. The van der Waals surface area contributed by atoms with Crippen LogP contribution in [0.5, 0.6) is 0 Å². The predicted octanol–water partition coefficient (Wildman–Crippen LogP) is 3.67. The Kier molecular flexibility index (Phi) is 3.23. The lowest BCUT2D eigenvalue weighted by Gasteiger charge is -2.24. The van der Waals surface area contributed by atoms with E-state index in [0.29, 0.717) is 0 Å². The lowest BCUT2D eigenvalue weighted by Crippen LogP contribution is -2.31. The van der Waals surface area contributed by atoms with E-state index in [-0.39, 0.29) is 6.04 Å². The molecule has 3 heteroatoms. The second-order valence-corrected chi connectivity index (χ2v) is 6.15. The Morgan fingerprint density at radius 2 is 2.14 bits per heavy atom. The minimum atomic E-state index is 0.169. The third kappa shape index (κ3) is 2.13. The van der Waals surface area contributed by atoms with Gasteiger partial charge in [-0.15, -0.1) is 0 Å². The van der Waals surface area contributed by atoms with Gasteiger partial charge in [0, 0.05) is 29.3 Å². The molecule has 0 spiro atoms. The third-order valence-corrected chi connectivity index (χ3v) is 4.66. The molecule has 1 aliphatic rings. The van der Waals surface area contributed by atoms with Crippen LogP contribution in [0.4, 0.5) is 0 Å². The van der Waals surface area contributed by atoms with E-state index in [1.54, 1.807) is 0 Å². The van der Waals surface area contributed by atoms with E-state index >= 15 is 0 Å². The van der Waals surface area contributed by atoms with Gasteiger partial charge in [-0.05, 0) is 49.1 Å². The molecule has 2 aromatic heterocycles. The number of fused-ring (bicyclic) bond motifs is 3. The number of aromatic nitrogens is 2. The summed E-state index contributed by atoms with van der Waals surface area (Å²) in [5.41, 5.74) is 7.66. The van der Waals surface area contributed by atoms with Gasteiger partial charge in [-0.25, -0.2) is 0 Å². The van der Waals surface area contributed by atoms with E-state index < -0.39 is 0 Å². The number of aromatic amines is 1. The van der Waals surface area contributed by atoms with Gasteiger partial charge in [0.1, 0.15) is 0 Å². The lowest BCUT2D eigenvalue weighted by molar-refractivity contribution is 0.549. The summed E-state index contributed by atoms with van der Waals surface area (Å²) in [5, 5.41) is 4.98. The van der Waals surface area contributed by atoms with E-state index in [0.717, 1.165) is 25.1 Å². The van der Waals surface area contributed by atoms with Crippen LogP contribution in [-0.4, -0.2) is 16.5 Å². The van der Waals surface area contributed by atoms with Gasteiger partial charge in [0.2, 0.25) is 0 Å². The highest BCUT2D eigenvalue weighted by Crippen LogP contribution is 2.33. The molecule has 0 aliphatic carbocycles. The molecule has 22 heavy (non-hydrogen) atoms. The van der Waals surface area contributed by atoms with Crippen LogP contribution in [0.1, 0.15) is 41.0 Å². The molecule has 0 fully saturated rings. The highest BCUT2D eigenvalue weighted by atomic mass is 15.0. The summed E-state index contributed by atoms with van der Waals surface area (Å²) < 4.78 is 0. The number of pyridine rings is 1. The third-order valence-electron chi connectivity index (χ3n) is 4.66. The summed E-state index contributed by atoms with van der Waals surface area (Å²) >= 11 is 0. The summed E-state index contributed by atoms with van der Waals surface area (Å²) in [5.74, 6) is 0. The molecule has 0 bridgehead atoms. The smallest absolute Gasteiger partial charge is 0.0906 e. The number of aryl methyl sites for hydroxylation is 2. The van der Waals surface area contributed by atoms with Gasteiger partial charge in [0.05, 0.1) is 11.7 Å². The van der Waals surface area contributed by atoms with Crippen molar-refractivity contribution in [3.63, 3.8) is 0 Å². The Morgan fingerprint density at radius 3 is 2.91 bits per heavy atom. The van der Waals surface area contributed by atoms with Gasteiger partial charge >= 0.3 is 0 Å². The number of rotatable bonds is 2. The maximum Gasteiger partial charge on any atom is 0.0906 e. The van der Waals surface area contributed by atoms with E-state index in [1.807, 2.05) is 6.20 Å². The zero-order valence-electron chi connectivity index (χ0n) is 13.1. The van der Waals surface area contributed by atoms with Gasteiger partial charge in [0.15, 0.2) is 0 Å². The summed E-state index contributed by atoms with van der Waals surface area (Å²) in [4.78, 5) is 8.30. The van der Waals surface area contributed by atoms with Crippen molar-refractivity contribution in [2.24, 2.45) is 0 Å². The van der Waals surface area contributed by atoms with Crippen molar-refractivity contribution in [3.8, 4) is 0 Å². The number of hydrogen-bond donors (Lipinski definition) is 2. The fraction of sp³-hybridized carbons (Fsp3) is 0.316. The molecule has 0 amide bonds. The summed E-state index contributed by atoms with van der Waals surface area (Å²) in [6.07, 6.45) is 4.10. The minimum absolute atomic E-state index is 0.169. The molecule has 0 radical (unpaired) electrons. The van der Waals surface area contributed by atoms with Crippen molar-refractivity contribution in [3.05, 3.63) is 64.6 Å². The van der Waals surface area contributed by atoms with E-state index in [2.05, 4.69) is 59.5 Å². The second-order valence-electron chi connectivity index (χ2n) is 6.15. The highest BCUT2D eigenvalue weighted by Gasteiger charge is 2.25. The fourth-order valence-corrected chi connectivity index (χ4v) is 3.41. The quantitative estimate of drug-likeness (QED) is 0.756. The van der Waals surface area contributed by atoms with E-state index in [4.69, 9.17) is 0 Å². The van der Waals surface area contributed by atoms with E-state index in [9.17, 15) is 0 Å². The Hall–Kier alpha value is -2.13. The maximum absolute atomic E-state index is 4.68. The van der Waals surface area contributed by atoms with E-state index in [1.165, 1.54) is 33.3 Å². The Balaban J connectivity index is 1.82. The SMILES string of the molecule is CCc1ccc(C2NCCc3c2[nH]c2ccc(C)cc32)nc1. The van der Waals surface area contributed by atoms with Gasteiger partial charge in [-0.2, -0.15) is 0 Å². The van der Waals surface area contributed by atoms with Crippen LogP contribution in [0.3, 0.4) is 0 Å². The molecular weight excluding hydrogens is 270 g/mol. The van der Waals surface area contributed by atoms with Crippen molar-refractivity contribution >= 4 is 10.9 Å². The van der Waals surface area contributed by atoms with Crippen molar-refractivity contribution in [1.29, 1.82) is 0 Å². The first-order valence-electron chi connectivity index (χ1n) is 8.05. The summed E-state index contributed by atoms with van der Waals surface area (Å²) in [6.45, 7) is 5.31. The van der Waals surface area contributed by atoms with Gasteiger partial charge in [-0.3, -0.25) is 4.98 Å². The van der Waals surface area contributed by atoms with Crippen LogP contribution in [0, 0.1) is 6.92 Å². The van der Waals surface area contributed by atoms with Crippen molar-refractivity contribution in [1.82, 2.24) is 15.3 Å². The molecule has 1 aliphatic heterocycles. The van der Waals surface area contributed by atoms with Crippen molar-refractivity contribution in [2.75, 3.05) is 6.54 Å². The molecule has 3 heterocycles. The van der Waals surface area contributed by atoms with Crippen molar-refractivity contribution in [2.45, 2.75) is 32.7 Å². The lowest BCUT2D eigenvalue weighted by atomic mass is 9.96. The predicted molar refractivity (Wildman–Crippen MR) is 90.2 cm³/mol. The van der Waals surface area contributed by atoms with Gasteiger partial charge < -0.3 is 10.3 Å². The number of hydrogen-bond acceptors (Lipinski definition) is 2. The zero-order chi connectivity index (χ0) is 15.1. The Morgan fingerprint density at radius 1 is 1.23 bits per heavy atom. The molecule has 1 unspecified atom stereocenters. The minimum Gasteiger partial charge on any atom is -0.357 e. The van der Waals surface area contributed by atoms with Crippen LogP contribution < -0.4 is 5.32 Å². The monoisotopic (exact) mass is 291 g/mol. The maximum atomic E-state index is 4.68. The first kappa shape index (κ1) is 13.5. The first-order valence-corrected chi connectivity index (χ1v) is 8.05. The van der Waals surface area contributed by atoms with Gasteiger partial charge in [-0.1, -0.05) is 24.6 Å². The average molecular weight is 291 g/mol. The zero-order valence-corrected chi connectivity index (χ0v) is 13.1. The molecule has 4 rings (SSSR count). The number of benzene rings is 1. The number of nitrogens with one attached hydrogen (secondary N) is 2. The molecule has 0 saturated heterocycles. The number of nitrogens with zero attached hydrogens (tertiary/aromatic N) is 1. The molecule has 1 atom stereocenters. The first-order chi connectivity index (χ1) is 10.8. The second kappa shape index (κ2) is 5.25. The highest BCUT2D eigenvalue weighted by molar-refractivity contribution is 5.86. The topological polar surface area (TPSA) is 40.7 Å². The van der Waals surface area contributed by atoms with Crippen LogP contribution in [-0.2, 0) is 12.8 Å². The standard InChI is InChI=1S/C19H21N3/c1-3-13-5-7-17(21-11-13)19-18-14(8-9-20-19)15-10-12(2)4-6-16(15)22-18/h4-7,10-11,19-20,22H,3,8-9H2,1-2H3. The largest absolute Gasteiger partial charge is 0.357 e. The van der Waals surface area contributed by atoms with Crippen LogP contribution in [0.2, 0.25) is 0 Å². The fourth-order valence-electron chi connectivity index (χ4n) is 3.41. The van der Waals surface area contributed by atoms with Crippen molar-refractivity contribution < 1.29 is 0 Å². The molecule has 1 aromatic carbocycles. The summed E-state index contributed by atoms with van der Waals surface area (Å²) in [7, 11) is 0. The van der Waals surface area contributed by atoms with Gasteiger partial charge in [0.25, 0.3) is 0 Å². The van der Waals surface area contributed by atoms with Crippen LogP contribution in [0.15, 0.2) is 36.5 Å². The Labute approximate surface area is 130 Å². The number of H-pyrrole nitrogens is 1. The molecule has 3 nitrogen and oxygen atoms in total. The van der Waals surface area contributed by atoms with Crippen LogP contribution in [0.25, 0.3) is 10.9 Å². The van der Waals surface area contributed by atoms with Crippen LogP contribution >= 0.6 is 0 Å². The molecule has 112 valence electrons. The molecule has 0 saturated carbocycles.